The van der Waals surface area contributed by atoms with E-state index in [4.69, 9.17) is 0 Å². The lowest BCUT2D eigenvalue weighted by atomic mass is 10.1. The average Bonchev–Trinajstić information content (AvgIpc) is 3.12. The Balaban J connectivity index is 1.61. The molecular formula is C21H18N6O. The molecule has 2 N–H and O–H groups in total. The Morgan fingerprint density at radius 1 is 1.00 bits per heavy atom. The van der Waals surface area contributed by atoms with Gasteiger partial charge in [0.2, 0.25) is 0 Å². The molecule has 28 heavy (non-hydrogen) atoms. The number of hydrogen-bond acceptors (Lipinski definition) is 6. The lowest BCUT2D eigenvalue weighted by Crippen LogP contribution is -2.04. The molecule has 0 saturated heterocycles. The van der Waals surface area contributed by atoms with Gasteiger partial charge in [-0.1, -0.05) is 42.5 Å². The maximum atomic E-state index is 9.79. The molecule has 0 atom stereocenters. The summed E-state index contributed by atoms with van der Waals surface area (Å²) in [5.41, 5.74) is 6.36. The molecule has 0 bridgehead atoms. The van der Waals surface area contributed by atoms with Crippen LogP contribution in [0.4, 0.5) is 5.82 Å². The lowest BCUT2D eigenvalue weighted by Gasteiger charge is -2.08. The van der Waals surface area contributed by atoms with Crippen molar-refractivity contribution >= 4 is 12.0 Å². The van der Waals surface area contributed by atoms with Crippen LogP contribution in [0.15, 0.2) is 78.2 Å². The largest absolute Gasteiger partial charge is 0.507 e. The highest BCUT2D eigenvalue weighted by molar-refractivity contribution is 5.83. The van der Waals surface area contributed by atoms with Gasteiger partial charge in [0.1, 0.15) is 12.1 Å². The van der Waals surface area contributed by atoms with Crippen LogP contribution in [0.5, 0.6) is 5.75 Å². The van der Waals surface area contributed by atoms with Crippen molar-refractivity contribution in [3.63, 3.8) is 0 Å². The van der Waals surface area contributed by atoms with E-state index in [1.807, 2.05) is 49.4 Å². The number of nitrogens with one attached hydrogen (secondary N) is 1. The maximum absolute atomic E-state index is 9.79. The predicted octanol–water partition coefficient (Wildman–Crippen LogP) is 3.79. The summed E-state index contributed by atoms with van der Waals surface area (Å²) in [5, 5.41) is 18.5. The van der Waals surface area contributed by atoms with Crippen molar-refractivity contribution < 1.29 is 5.11 Å². The van der Waals surface area contributed by atoms with Crippen LogP contribution in [0.3, 0.4) is 0 Å². The highest BCUT2D eigenvalue weighted by Gasteiger charge is 2.11. The van der Waals surface area contributed by atoms with Gasteiger partial charge in [-0.25, -0.2) is 14.6 Å². The van der Waals surface area contributed by atoms with Gasteiger partial charge in [0.05, 0.1) is 17.6 Å². The monoisotopic (exact) mass is 370 g/mol. The van der Waals surface area contributed by atoms with Crippen LogP contribution >= 0.6 is 0 Å². The number of phenols is 1. The molecule has 0 aliphatic heterocycles. The number of hydrazone groups is 1. The summed E-state index contributed by atoms with van der Waals surface area (Å²) in [6.45, 7) is 1.94. The van der Waals surface area contributed by atoms with Crippen LogP contribution < -0.4 is 5.43 Å². The number of phenolic OH excluding ortho intramolecular Hbond substituents is 1. The van der Waals surface area contributed by atoms with E-state index in [0.717, 1.165) is 17.0 Å². The first-order valence-corrected chi connectivity index (χ1v) is 8.72. The van der Waals surface area contributed by atoms with Gasteiger partial charge in [-0.2, -0.15) is 10.2 Å². The van der Waals surface area contributed by atoms with E-state index in [1.54, 1.807) is 28.9 Å². The Labute approximate surface area is 162 Å². The van der Waals surface area contributed by atoms with E-state index in [9.17, 15) is 5.11 Å². The molecule has 2 heterocycles. The summed E-state index contributed by atoms with van der Waals surface area (Å²) in [6, 6.07) is 20.8. The molecule has 0 aliphatic rings. The Morgan fingerprint density at radius 3 is 2.61 bits per heavy atom. The van der Waals surface area contributed by atoms with Gasteiger partial charge < -0.3 is 5.11 Å². The number of anilines is 1. The minimum Gasteiger partial charge on any atom is -0.507 e. The van der Waals surface area contributed by atoms with Crippen molar-refractivity contribution in [1.29, 1.82) is 0 Å². The molecule has 2 aromatic carbocycles. The number of nitrogens with zero attached hydrogens (tertiary/aromatic N) is 5. The number of hydrogen-bond donors (Lipinski definition) is 2. The molecule has 7 heteroatoms. The molecule has 0 unspecified atom stereocenters. The van der Waals surface area contributed by atoms with Gasteiger partial charge in [0.25, 0.3) is 0 Å². The van der Waals surface area contributed by atoms with Crippen molar-refractivity contribution in [2.24, 2.45) is 5.10 Å². The van der Waals surface area contributed by atoms with Crippen molar-refractivity contribution in [1.82, 2.24) is 19.7 Å². The summed E-state index contributed by atoms with van der Waals surface area (Å²) in [6.07, 6.45) is 2.99. The van der Waals surface area contributed by atoms with Crippen LogP contribution in [0, 0.1) is 6.92 Å². The van der Waals surface area contributed by atoms with Gasteiger partial charge in [-0.15, -0.1) is 0 Å². The second kappa shape index (κ2) is 7.71. The third-order valence-electron chi connectivity index (χ3n) is 4.09. The molecular weight excluding hydrogens is 352 g/mol. The van der Waals surface area contributed by atoms with Gasteiger partial charge >= 0.3 is 0 Å². The summed E-state index contributed by atoms with van der Waals surface area (Å²) in [4.78, 5) is 8.54. The molecule has 0 amide bonds. The number of aromatic nitrogens is 4. The number of aromatic hydroxyl groups is 1. The van der Waals surface area contributed by atoms with Crippen molar-refractivity contribution in [2.45, 2.75) is 6.92 Å². The van der Waals surface area contributed by atoms with Crippen molar-refractivity contribution in [3.8, 4) is 22.8 Å². The smallest absolute Gasteiger partial charge is 0.159 e. The summed E-state index contributed by atoms with van der Waals surface area (Å²) < 4.78 is 1.78. The number of para-hydroxylation sites is 1. The number of benzene rings is 2. The standard InChI is InChI=1S/C21H18N6O/c1-15-11-18(16-7-3-2-4-8-16)27(26-15)21-12-20(22-14-23-21)25-24-13-17-9-5-6-10-19(17)28/h2-14,28H,1H3,(H,22,23,25)/b24-13-. The number of aryl methyl sites for hydroxylation is 1. The minimum absolute atomic E-state index is 0.163. The highest BCUT2D eigenvalue weighted by Crippen LogP contribution is 2.23. The van der Waals surface area contributed by atoms with Gasteiger partial charge in [-0.3, -0.25) is 5.43 Å². The maximum Gasteiger partial charge on any atom is 0.159 e. The van der Waals surface area contributed by atoms with E-state index >= 15 is 0 Å². The SMILES string of the molecule is Cc1cc(-c2ccccc2)n(-c2cc(N/N=C\c3ccccc3O)ncn2)n1. The van der Waals surface area contributed by atoms with E-state index < -0.39 is 0 Å². The third kappa shape index (κ3) is 3.73. The zero-order chi connectivity index (χ0) is 19.3. The zero-order valence-corrected chi connectivity index (χ0v) is 15.2. The van der Waals surface area contributed by atoms with Gasteiger partial charge in [0, 0.05) is 17.2 Å². The Kier molecular flexibility index (Phi) is 4.79. The Bertz CT molecular complexity index is 1120. The fraction of sp³-hybridized carbons (Fsp3) is 0.0476. The molecule has 2 aromatic heterocycles. The van der Waals surface area contributed by atoms with Crippen LogP contribution in [-0.4, -0.2) is 31.1 Å². The molecule has 4 rings (SSSR count). The van der Waals surface area contributed by atoms with E-state index in [1.165, 1.54) is 12.5 Å². The van der Waals surface area contributed by atoms with E-state index in [0.29, 0.717) is 17.2 Å². The molecule has 4 aromatic rings. The van der Waals surface area contributed by atoms with E-state index in [2.05, 4.69) is 25.6 Å². The van der Waals surface area contributed by atoms with Crippen LogP contribution in [0.1, 0.15) is 11.3 Å². The first kappa shape index (κ1) is 17.4. The van der Waals surface area contributed by atoms with E-state index in [-0.39, 0.29) is 5.75 Å². The van der Waals surface area contributed by atoms with Crippen molar-refractivity contribution in [2.75, 3.05) is 5.43 Å². The zero-order valence-electron chi connectivity index (χ0n) is 15.2. The first-order valence-electron chi connectivity index (χ1n) is 8.72. The summed E-state index contributed by atoms with van der Waals surface area (Å²) in [7, 11) is 0. The van der Waals surface area contributed by atoms with Crippen LogP contribution in [0.25, 0.3) is 17.1 Å². The van der Waals surface area contributed by atoms with Gasteiger partial charge in [0.15, 0.2) is 11.6 Å². The molecule has 0 radical (unpaired) electrons. The highest BCUT2D eigenvalue weighted by atomic mass is 16.3. The molecule has 0 saturated carbocycles. The fourth-order valence-electron chi connectivity index (χ4n) is 2.78. The summed E-state index contributed by atoms with van der Waals surface area (Å²) >= 11 is 0. The minimum atomic E-state index is 0.163. The molecule has 0 fully saturated rings. The molecule has 138 valence electrons. The third-order valence-corrected chi connectivity index (χ3v) is 4.09. The lowest BCUT2D eigenvalue weighted by molar-refractivity contribution is 0.474. The average molecular weight is 370 g/mol. The molecule has 0 aliphatic carbocycles. The molecule has 7 nitrogen and oxygen atoms in total. The first-order chi connectivity index (χ1) is 13.7. The topological polar surface area (TPSA) is 88.2 Å². The van der Waals surface area contributed by atoms with Crippen LogP contribution in [0.2, 0.25) is 0 Å². The Hall–Kier alpha value is -4.00. The van der Waals surface area contributed by atoms with Crippen molar-refractivity contribution in [3.05, 3.63) is 84.3 Å². The second-order valence-corrected chi connectivity index (χ2v) is 6.14. The second-order valence-electron chi connectivity index (χ2n) is 6.14. The predicted molar refractivity (Wildman–Crippen MR) is 109 cm³/mol. The number of rotatable bonds is 5. The quantitative estimate of drug-likeness (QED) is 0.412. The Morgan fingerprint density at radius 2 is 1.79 bits per heavy atom. The molecule has 0 spiro atoms. The summed E-state index contributed by atoms with van der Waals surface area (Å²) in [5.74, 6) is 1.31. The van der Waals surface area contributed by atoms with Crippen LogP contribution in [-0.2, 0) is 0 Å². The fourth-order valence-corrected chi connectivity index (χ4v) is 2.78. The van der Waals surface area contributed by atoms with Gasteiger partial charge in [-0.05, 0) is 25.1 Å². The normalized spacial score (nSPS) is 11.0.